The van der Waals surface area contributed by atoms with Gasteiger partial charge in [0.25, 0.3) is 5.56 Å². The summed E-state index contributed by atoms with van der Waals surface area (Å²) < 4.78 is 16.6. The van der Waals surface area contributed by atoms with Gasteiger partial charge in [-0.25, -0.2) is 9.98 Å². The molecule has 36 heavy (non-hydrogen) atoms. The number of nitrogens with one attached hydrogen (secondary N) is 2. The number of nitrogens with two attached hydrogens (primary N) is 1. The summed E-state index contributed by atoms with van der Waals surface area (Å²) in [5.74, 6) is 1.41. The number of rotatable bonds is 9. The molecule has 4 N–H and O–H groups in total. The summed E-state index contributed by atoms with van der Waals surface area (Å²) in [5, 5.41) is 4.38. The molecule has 0 spiro atoms. The number of pyridine rings is 2. The summed E-state index contributed by atoms with van der Waals surface area (Å²) in [4.78, 5) is 26.5. The maximum atomic E-state index is 12.6. The maximum Gasteiger partial charge on any atom is 0.259 e. The van der Waals surface area contributed by atoms with E-state index >= 15 is 0 Å². The van der Waals surface area contributed by atoms with Crippen LogP contribution in [0, 0.1) is 0 Å². The highest BCUT2D eigenvalue weighted by atomic mass is 16.5. The standard InChI is InChI=1S/C26H30N6O4/c1-18(26(34-2)29-10-8-27)22-17-19-7-9-28-25(33)23(19)24(31-22)30-20-3-5-21(6-4-20)36-16-13-32-11-14-35-15-12-32/h3-10,17H,1,11-16,27H2,2H3,(H,28,33)(H,30,31)/b10-8-,29-26+. The van der Waals surface area contributed by atoms with Gasteiger partial charge >= 0.3 is 0 Å². The summed E-state index contributed by atoms with van der Waals surface area (Å²) in [6, 6.07) is 11.1. The summed E-state index contributed by atoms with van der Waals surface area (Å²) in [6.07, 6.45) is 4.29. The van der Waals surface area contributed by atoms with Crippen molar-refractivity contribution in [3.05, 3.63) is 77.6 Å². The predicted molar refractivity (Wildman–Crippen MR) is 142 cm³/mol. The van der Waals surface area contributed by atoms with Crippen LogP contribution in [0.4, 0.5) is 11.5 Å². The number of aliphatic imine (C=N–C) groups is 1. The van der Waals surface area contributed by atoms with Gasteiger partial charge in [-0.3, -0.25) is 9.69 Å². The topological polar surface area (TPSA) is 127 Å². The van der Waals surface area contributed by atoms with Crippen LogP contribution < -0.4 is 21.3 Å². The van der Waals surface area contributed by atoms with Crippen LogP contribution in [0.25, 0.3) is 16.3 Å². The number of anilines is 2. The van der Waals surface area contributed by atoms with Crippen LogP contribution >= 0.6 is 0 Å². The number of H-pyrrole nitrogens is 1. The lowest BCUT2D eigenvalue weighted by Gasteiger charge is -2.26. The first-order chi connectivity index (χ1) is 17.6. The molecule has 0 atom stereocenters. The van der Waals surface area contributed by atoms with Crippen LogP contribution in [0.15, 0.2) is 71.4 Å². The smallest absolute Gasteiger partial charge is 0.259 e. The fraction of sp³-hybridized carbons (Fsp3) is 0.269. The Morgan fingerprint density at radius 1 is 1.31 bits per heavy atom. The zero-order valence-corrected chi connectivity index (χ0v) is 20.2. The number of aromatic amines is 1. The highest BCUT2D eigenvalue weighted by Crippen LogP contribution is 2.27. The summed E-state index contributed by atoms with van der Waals surface area (Å²) >= 11 is 0. The van der Waals surface area contributed by atoms with Gasteiger partial charge in [0.1, 0.15) is 18.2 Å². The highest BCUT2D eigenvalue weighted by Gasteiger charge is 2.15. The Morgan fingerprint density at radius 2 is 2.08 bits per heavy atom. The predicted octanol–water partition coefficient (Wildman–Crippen LogP) is 2.87. The number of benzene rings is 1. The highest BCUT2D eigenvalue weighted by molar-refractivity contribution is 6.19. The Morgan fingerprint density at radius 3 is 2.81 bits per heavy atom. The van der Waals surface area contributed by atoms with Crippen molar-refractivity contribution in [3.63, 3.8) is 0 Å². The Labute approximate surface area is 209 Å². The van der Waals surface area contributed by atoms with E-state index < -0.39 is 0 Å². The van der Waals surface area contributed by atoms with E-state index in [0.29, 0.717) is 34.5 Å². The Hall–Kier alpha value is -4.15. The molecule has 1 aliphatic rings. The molecule has 0 amide bonds. The van der Waals surface area contributed by atoms with Crippen molar-refractivity contribution >= 4 is 33.7 Å². The zero-order chi connectivity index (χ0) is 25.3. The number of nitrogens with zero attached hydrogens (tertiary/aromatic N) is 3. The lowest BCUT2D eigenvalue weighted by atomic mass is 10.1. The molecule has 1 aromatic carbocycles. The normalized spacial score (nSPS) is 14.8. The van der Waals surface area contributed by atoms with Crippen molar-refractivity contribution in [2.24, 2.45) is 10.7 Å². The molecule has 3 heterocycles. The molecule has 2 aromatic heterocycles. The molecule has 1 saturated heterocycles. The van der Waals surface area contributed by atoms with E-state index in [2.05, 4.69) is 31.8 Å². The molecule has 0 radical (unpaired) electrons. The minimum Gasteiger partial charge on any atom is -0.492 e. The van der Waals surface area contributed by atoms with Crippen LogP contribution in [0.1, 0.15) is 5.69 Å². The Balaban J connectivity index is 1.54. The third-order valence-corrected chi connectivity index (χ3v) is 5.69. The maximum absolute atomic E-state index is 12.6. The summed E-state index contributed by atoms with van der Waals surface area (Å²) in [7, 11) is 1.49. The molecule has 188 valence electrons. The van der Waals surface area contributed by atoms with Gasteiger partial charge in [-0.2, -0.15) is 0 Å². The molecule has 1 aliphatic heterocycles. The summed E-state index contributed by atoms with van der Waals surface area (Å²) in [6.45, 7) is 8.92. The van der Waals surface area contributed by atoms with Crippen molar-refractivity contribution in [1.82, 2.24) is 14.9 Å². The van der Waals surface area contributed by atoms with E-state index in [0.717, 1.165) is 44.3 Å². The molecule has 1 fully saturated rings. The molecule has 10 nitrogen and oxygen atoms in total. The molecule has 3 aromatic rings. The lowest BCUT2D eigenvalue weighted by Crippen LogP contribution is -2.38. The largest absolute Gasteiger partial charge is 0.492 e. The van der Waals surface area contributed by atoms with Gasteiger partial charge in [-0.15, -0.1) is 0 Å². The first kappa shape index (κ1) is 25.0. The second kappa shape index (κ2) is 12.0. The summed E-state index contributed by atoms with van der Waals surface area (Å²) in [5.41, 5.74) is 6.84. The van der Waals surface area contributed by atoms with Crippen LogP contribution in [-0.4, -0.2) is 67.3 Å². The third-order valence-electron chi connectivity index (χ3n) is 5.69. The van der Waals surface area contributed by atoms with Crippen molar-refractivity contribution in [3.8, 4) is 5.75 Å². The van der Waals surface area contributed by atoms with Gasteiger partial charge in [0.15, 0.2) is 0 Å². The van der Waals surface area contributed by atoms with Gasteiger partial charge < -0.3 is 30.2 Å². The van der Waals surface area contributed by atoms with Gasteiger partial charge in [-0.05, 0) is 41.8 Å². The second-order valence-corrected chi connectivity index (χ2v) is 8.04. The average molecular weight is 491 g/mol. The first-order valence-electron chi connectivity index (χ1n) is 11.6. The van der Waals surface area contributed by atoms with E-state index in [9.17, 15) is 4.79 Å². The number of morpholine rings is 1. The fourth-order valence-electron chi connectivity index (χ4n) is 3.82. The molecular formula is C26H30N6O4. The minimum absolute atomic E-state index is 0.255. The average Bonchev–Trinajstić information content (AvgIpc) is 2.90. The molecule has 0 aliphatic carbocycles. The molecule has 0 saturated carbocycles. The number of aromatic nitrogens is 2. The number of fused-ring (bicyclic) bond motifs is 1. The van der Waals surface area contributed by atoms with Gasteiger partial charge in [-0.1, -0.05) is 6.58 Å². The van der Waals surface area contributed by atoms with Gasteiger partial charge in [0.2, 0.25) is 5.90 Å². The molecular weight excluding hydrogens is 460 g/mol. The number of hydrogen-bond donors (Lipinski definition) is 3. The van der Waals surface area contributed by atoms with Crippen molar-refractivity contribution < 1.29 is 14.2 Å². The van der Waals surface area contributed by atoms with Crippen LogP contribution in [0.2, 0.25) is 0 Å². The Bertz CT molecular complexity index is 1310. The first-order valence-corrected chi connectivity index (χ1v) is 11.6. The van der Waals surface area contributed by atoms with E-state index in [-0.39, 0.29) is 11.5 Å². The molecule has 10 heteroatoms. The van der Waals surface area contributed by atoms with E-state index in [4.69, 9.17) is 19.9 Å². The van der Waals surface area contributed by atoms with Crippen molar-refractivity contribution in [2.75, 3.05) is 51.9 Å². The van der Waals surface area contributed by atoms with Crippen molar-refractivity contribution in [2.45, 2.75) is 0 Å². The number of methoxy groups -OCH3 is 1. The monoisotopic (exact) mass is 490 g/mol. The SMILES string of the molecule is C=C(/C(=N\C=C/N)OC)c1cc2cc[nH]c(=O)c2c(Nc2ccc(OCCN3CCOCC3)cc2)n1. The van der Waals surface area contributed by atoms with E-state index in [1.54, 1.807) is 18.3 Å². The third kappa shape index (κ3) is 6.09. The number of hydrogen-bond acceptors (Lipinski definition) is 9. The minimum atomic E-state index is -0.255. The van der Waals surface area contributed by atoms with Crippen LogP contribution in [-0.2, 0) is 9.47 Å². The quantitative estimate of drug-likeness (QED) is 0.309. The Kier molecular flexibility index (Phi) is 8.32. The molecule has 4 rings (SSSR count). The van der Waals surface area contributed by atoms with Crippen LogP contribution in [0.5, 0.6) is 5.75 Å². The van der Waals surface area contributed by atoms with Gasteiger partial charge in [0, 0.05) is 43.9 Å². The molecule has 0 unspecified atom stereocenters. The van der Waals surface area contributed by atoms with Crippen LogP contribution in [0.3, 0.4) is 0 Å². The lowest BCUT2D eigenvalue weighted by molar-refractivity contribution is 0.0322. The van der Waals surface area contributed by atoms with E-state index in [1.165, 1.54) is 19.5 Å². The van der Waals surface area contributed by atoms with Crippen molar-refractivity contribution in [1.29, 1.82) is 0 Å². The fourth-order valence-corrected chi connectivity index (χ4v) is 3.82. The van der Waals surface area contributed by atoms with E-state index in [1.807, 2.05) is 24.3 Å². The van der Waals surface area contributed by atoms with Gasteiger partial charge in [0.05, 0.1) is 37.0 Å². The zero-order valence-electron chi connectivity index (χ0n) is 20.2. The molecule has 0 bridgehead atoms. The number of ether oxygens (including phenoxy) is 3. The second-order valence-electron chi connectivity index (χ2n) is 8.04.